The third-order valence-corrected chi connectivity index (χ3v) is 2.64. The average Bonchev–Trinajstić information content (AvgIpc) is 2.40. The lowest BCUT2D eigenvalue weighted by molar-refractivity contribution is 0.310. The minimum atomic E-state index is 0.612. The highest BCUT2D eigenvalue weighted by atomic mass is 16.5. The van der Waals surface area contributed by atoms with Gasteiger partial charge in [-0.2, -0.15) is 0 Å². The van der Waals surface area contributed by atoms with Crippen LogP contribution >= 0.6 is 0 Å². The quantitative estimate of drug-likeness (QED) is 0.864. The number of nitrogens with zero attached hydrogens (tertiary/aromatic N) is 1. The van der Waals surface area contributed by atoms with Crippen LogP contribution in [0.1, 0.15) is 18.9 Å². The number of nitrogens with one attached hydrogen (secondary N) is 1. The SMILES string of the molecule is CCOc1c(OC)cccc1C1=NCCCN1. The van der Waals surface area contributed by atoms with Crippen LogP contribution in [0, 0.1) is 0 Å². The van der Waals surface area contributed by atoms with Crippen molar-refractivity contribution in [3.8, 4) is 11.5 Å². The summed E-state index contributed by atoms with van der Waals surface area (Å²) in [5, 5.41) is 3.30. The molecule has 0 atom stereocenters. The Balaban J connectivity index is 2.40. The number of aliphatic imine (C=N–C) groups is 1. The van der Waals surface area contributed by atoms with Gasteiger partial charge in [0, 0.05) is 13.1 Å². The summed E-state index contributed by atoms with van der Waals surface area (Å²) in [4.78, 5) is 4.49. The van der Waals surface area contributed by atoms with Gasteiger partial charge in [0.15, 0.2) is 11.5 Å². The molecule has 1 N–H and O–H groups in total. The Labute approximate surface area is 102 Å². The maximum atomic E-state index is 5.67. The first-order valence-electron chi connectivity index (χ1n) is 5.95. The zero-order chi connectivity index (χ0) is 12.1. The third kappa shape index (κ3) is 2.52. The van der Waals surface area contributed by atoms with E-state index in [1.807, 2.05) is 25.1 Å². The van der Waals surface area contributed by atoms with Gasteiger partial charge in [-0.15, -0.1) is 0 Å². The van der Waals surface area contributed by atoms with Crippen molar-refractivity contribution in [3.63, 3.8) is 0 Å². The second-order valence-corrected chi connectivity index (χ2v) is 3.78. The van der Waals surface area contributed by atoms with Gasteiger partial charge in [0.25, 0.3) is 0 Å². The van der Waals surface area contributed by atoms with E-state index in [2.05, 4.69) is 10.3 Å². The molecule has 4 heteroatoms. The van der Waals surface area contributed by atoms with Gasteiger partial charge in [-0.05, 0) is 25.5 Å². The molecule has 1 aliphatic rings. The maximum absolute atomic E-state index is 5.67. The van der Waals surface area contributed by atoms with Gasteiger partial charge in [-0.1, -0.05) is 6.07 Å². The number of para-hydroxylation sites is 1. The van der Waals surface area contributed by atoms with Crippen LogP contribution in [-0.2, 0) is 0 Å². The van der Waals surface area contributed by atoms with E-state index in [1.165, 1.54) is 0 Å². The Hall–Kier alpha value is -1.71. The molecule has 0 fully saturated rings. The number of hydrogen-bond donors (Lipinski definition) is 1. The smallest absolute Gasteiger partial charge is 0.172 e. The van der Waals surface area contributed by atoms with Crippen molar-refractivity contribution >= 4 is 5.84 Å². The van der Waals surface area contributed by atoms with E-state index in [1.54, 1.807) is 7.11 Å². The summed E-state index contributed by atoms with van der Waals surface area (Å²) in [5.41, 5.74) is 0.978. The first kappa shape index (κ1) is 11.8. The number of benzene rings is 1. The number of amidine groups is 1. The van der Waals surface area contributed by atoms with Crippen LogP contribution in [0.15, 0.2) is 23.2 Å². The van der Waals surface area contributed by atoms with E-state index in [0.717, 1.165) is 42.4 Å². The van der Waals surface area contributed by atoms with Crippen molar-refractivity contribution in [1.29, 1.82) is 0 Å². The molecule has 4 nitrogen and oxygen atoms in total. The molecular formula is C13H18N2O2. The molecule has 1 aliphatic heterocycles. The summed E-state index contributed by atoms with van der Waals surface area (Å²) >= 11 is 0. The zero-order valence-corrected chi connectivity index (χ0v) is 10.3. The number of ether oxygens (including phenoxy) is 2. The van der Waals surface area contributed by atoms with Gasteiger partial charge in [-0.3, -0.25) is 4.99 Å². The minimum Gasteiger partial charge on any atom is -0.493 e. The lowest BCUT2D eigenvalue weighted by Crippen LogP contribution is -2.30. The van der Waals surface area contributed by atoms with E-state index in [0.29, 0.717) is 6.61 Å². The Morgan fingerprint density at radius 3 is 2.94 bits per heavy atom. The van der Waals surface area contributed by atoms with Crippen molar-refractivity contribution in [3.05, 3.63) is 23.8 Å². The van der Waals surface area contributed by atoms with Gasteiger partial charge in [-0.25, -0.2) is 0 Å². The van der Waals surface area contributed by atoms with Crippen molar-refractivity contribution in [1.82, 2.24) is 5.32 Å². The summed E-state index contributed by atoms with van der Waals surface area (Å²) in [6.45, 7) is 4.40. The molecular weight excluding hydrogens is 216 g/mol. The molecule has 17 heavy (non-hydrogen) atoms. The van der Waals surface area contributed by atoms with Crippen LogP contribution in [-0.4, -0.2) is 32.6 Å². The van der Waals surface area contributed by atoms with Gasteiger partial charge in [0.05, 0.1) is 19.3 Å². The highest BCUT2D eigenvalue weighted by Gasteiger charge is 2.16. The van der Waals surface area contributed by atoms with E-state index >= 15 is 0 Å². The molecule has 2 rings (SSSR count). The Kier molecular flexibility index (Phi) is 3.85. The molecule has 0 aliphatic carbocycles. The van der Waals surface area contributed by atoms with E-state index < -0.39 is 0 Å². The Morgan fingerprint density at radius 1 is 1.41 bits per heavy atom. The fourth-order valence-electron chi connectivity index (χ4n) is 1.87. The topological polar surface area (TPSA) is 42.9 Å². The molecule has 1 aromatic rings. The zero-order valence-electron chi connectivity index (χ0n) is 10.3. The third-order valence-electron chi connectivity index (χ3n) is 2.64. The molecule has 0 saturated carbocycles. The second-order valence-electron chi connectivity index (χ2n) is 3.78. The van der Waals surface area contributed by atoms with Gasteiger partial charge in [0.2, 0.25) is 0 Å². The van der Waals surface area contributed by atoms with Crippen molar-refractivity contribution < 1.29 is 9.47 Å². The van der Waals surface area contributed by atoms with E-state index in [-0.39, 0.29) is 0 Å². The molecule has 92 valence electrons. The number of methoxy groups -OCH3 is 1. The largest absolute Gasteiger partial charge is 0.493 e. The molecule has 0 radical (unpaired) electrons. The fourth-order valence-corrected chi connectivity index (χ4v) is 1.87. The lowest BCUT2D eigenvalue weighted by Gasteiger charge is -2.19. The van der Waals surface area contributed by atoms with Crippen molar-refractivity contribution in [2.24, 2.45) is 4.99 Å². The van der Waals surface area contributed by atoms with Crippen LogP contribution in [0.25, 0.3) is 0 Å². The first-order valence-corrected chi connectivity index (χ1v) is 5.95. The molecule has 1 aromatic carbocycles. The second kappa shape index (κ2) is 5.57. The van der Waals surface area contributed by atoms with Crippen molar-refractivity contribution in [2.75, 3.05) is 26.8 Å². The van der Waals surface area contributed by atoms with E-state index in [4.69, 9.17) is 9.47 Å². The normalized spacial score (nSPS) is 14.8. The summed E-state index contributed by atoms with van der Waals surface area (Å²) in [5.74, 6) is 2.42. The lowest BCUT2D eigenvalue weighted by atomic mass is 10.1. The highest BCUT2D eigenvalue weighted by Crippen LogP contribution is 2.31. The molecule has 0 aromatic heterocycles. The molecule has 0 saturated heterocycles. The summed E-state index contributed by atoms with van der Waals surface area (Å²) in [6, 6.07) is 5.86. The van der Waals surface area contributed by atoms with Gasteiger partial charge in [0.1, 0.15) is 5.84 Å². The van der Waals surface area contributed by atoms with Gasteiger partial charge < -0.3 is 14.8 Å². The Bertz CT molecular complexity index is 416. The summed E-state index contributed by atoms with van der Waals surface area (Å²) in [7, 11) is 1.65. The van der Waals surface area contributed by atoms with Crippen molar-refractivity contribution in [2.45, 2.75) is 13.3 Å². The minimum absolute atomic E-state index is 0.612. The predicted molar refractivity (Wildman–Crippen MR) is 68.2 cm³/mol. The first-order chi connectivity index (χ1) is 8.36. The Morgan fingerprint density at radius 2 is 2.29 bits per heavy atom. The number of hydrogen-bond acceptors (Lipinski definition) is 4. The summed E-state index contributed by atoms with van der Waals surface area (Å²) in [6.07, 6.45) is 1.08. The van der Waals surface area contributed by atoms with E-state index in [9.17, 15) is 0 Å². The molecule has 0 amide bonds. The van der Waals surface area contributed by atoms with Crippen LogP contribution in [0.5, 0.6) is 11.5 Å². The molecule has 0 spiro atoms. The predicted octanol–water partition coefficient (Wildman–Crippen LogP) is 1.83. The molecule has 0 unspecified atom stereocenters. The fraction of sp³-hybridized carbons (Fsp3) is 0.462. The van der Waals surface area contributed by atoms with Crippen LogP contribution in [0.3, 0.4) is 0 Å². The molecule has 0 bridgehead atoms. The number of rotatable bonds is 4. The van der Waals surface area contributed by atoms with Crippen LogP contribution < -0.4 is 14.8 Å². The van der Waals surface area contributed by atoms with Gasteiger partial charge >= 0.3 is 0 Å². The molecule has 1 heterocycles. The summed E-state index contributed by atoms with van der Waals surface area (Å²) < 4.78 is 11.0. The monoisotopic (exact) mass is 234 g/mol. The highest BCUT2D eigenvalue weighted by molar-refractivity contribution is 6.02. The average molecular weight is 234 g/mol. The van der Waals surface area contributed by atoms with Crippen LogP contribution in [0.2, 0.25) is 0 Å². The maximum Gasteiger partial charge on any atom is 0.172 e. The standard InChI is InChI=1S/C13H18N2O2/c1-3-17-12-10(6-4-7-11(12)16-2)13-14-8-5-9-15-13/h4,6-7H,3,5,8-9H2,1-2H3,(H,14,15). The van der Waals surface area contributed by atoms with Crippen LogP contribution in [0.4, 0.5) is 0 Å².